The standard InChI is InChI=1S/C19H15F5N2O2/c1-18(12-8-5-9-13(20)15(12)21)10-14(19(22,23)24)28-17(26-18)25-16(27)11-6-3-2-4-7-11/h2-9,14H,10H2,1H3,(H,25,26,27)/t14-,18-/m0/s1. The van der Waals surface area contributed by atoms with Gasteiger partial charge in [0.1, 0.15) is 0 Å². The molecule has 2 aromatic rings. The van der Waals surface area contributed by atoms with Crippen LogP contribution in [0.15, 0.2) is 53.5 Å². The average Bonchev–Trinajstić information content (AvgIpc) is 2.63. The molecule has 0 bridgehead atoms. The van der Waals surface area contributed by atoms with Crippen LogP contribution in [-0.2, 0) is 10.3 Å². The van der Waals surface area contributed by atoms with Crippen LogP contribution in [0.2, 0.25) is 0 Å². The molecule has 148 valence electrons. The van der Waals surface area contributed by atoms with Gasteiger partial charge in [0.05, 0.1) is 5.54 Å². The number of benzene rings is 2. The Balaban J connectivity index is 2.00. The van der Waals surface area contributed by atoms with Gasteiger partial charge in [-0.1, -0.05) is 30.3 Å². The summed E-state index contributed by atoms with van der Waals surface area (Å²) < 4.78 is 72.7. The molecule has 28 heavy (non-hydrogen) atoms. The second-order valence-electron chi connectivity index (χ2n) is 6.46. The Morgan fingerprint density at radius 1 is 1.14 bits per heavy atom. The van der Waals surface area contributed by atoms with Gasteiger partial charge in [0, 0.05) is 17.5 Å². The molecule has 1 aliphatic rings. The molecule has 2 aromatic carbocycles. The number of carbonyl (C=O) groups is 1. The smallest absolute Gasteiger partial charge is 0.425 e. The van der Waals surface area contributed by atoms with Crippen LogP contribution in [0.25, 0.3) is 0 Å². The second kappa shape index (κ2) is 7.21. The van der Waals surface area contributed by atoms with Gasteiger partial charge in [-0.2, -0.15) is 13.2 Å². The van der Waals surface area contributed by atoms with Crippen LogP contribution < -0.4 is 5.32 Å². The summed E-state index contributed by atoms with van der Waals surface area (Å²) in [6.45, 7) is 1.22. The maximum Gasteiger partial charge on any atom is 0.425 e. The number of carbonyl (C=O) groups excluding carboxylic acids is 1. The van der Waals surface area contributed by atoms with Gasteiger partial charge in [0.25, 0.3) is 11.9 Å². The van der Waals surface area contributed by atoms with E-state index in [-0.39, 0.29) is 11.1 Å². The SMILES string of the molecule is C[C@@]1(c2cccc(F)c2F)C[C@@H](C(F)(F)F)OC(NC(=O)c2ccccc2)=N1. The Bertz CT molecular complexity index is 914. The van der Waals surface area contributed by atoms with E-state index in [4.69, 9.17) is 4.74 Å². The third-order valence-electron chi connectivity index (χ3n) is 4.34. The van der Waals surface area contributed by atoms with Crippen molar-refractivity contribution in [2.24, 2.45) is 4.99 Å². The molecule has 0 aromatic heterocycles. The largest absolute Gasteiger partial charge is 0.452 e. The van der Waals surface area contributed by atoms with Gasteiger partial charge in [0.15, 0.2) is 17.7 Å². The van der Waals surface area contributed by atoms with Crippen LogP contribution in [0.5, 0.6) is 0 Å². The molecule has 0 fully saturated rings. The number of rotatable bonds is 2. The fourth-order valence-corrected chi connectivity index (χ4v) is 2.92. The summed E-state index contributed by atoms with van der Waals surface area (Å²) >= 11 is 0. The number of alkyl halides is 3. The second-order valence-corrected chi connectivity index (χ2v) is 6.46. The lowest BCUT2D eigenvalue weighted by atomic mass is 9.85. The lowest BCUT2D eigenvalue weighted by Gasteiger charge is -2.36. The zero-order valence-corrected chi connectivity index (χ0v) is 14.6. The van der Waals surface area contributed by atoms with Crippen molar-refractivity contribution in [3.05, 3.63) is 71.3 Å². The van der Waals surface area contributed by atoms with E-state index in [1.807, 2.05) is 0 Å². The van der Waals surface area contributed by atoms with Crippen LogP contribution in [0, 0.1) is 11.6 Å². The van der Waals surface area contributed by atoms with Crippen molar-refractivity contribution in [3.63, 3.8) is 0 Å². The van der Waals surface area contributed by atoms with E-state index in [0.717, 1.165) is 12.1 Å². The summed E-state index contributed by atoms with van der Waals surface area (Å²) in [7, 11) is 0. The molecule has 0 radical (unpaired) electrons. The third-order valence-corrected chi connectivity index (χ3v) is 4.34. The first-order valence-corrected chi connectivity index (χ1v) is 8.24. The number of hydrogen-bond acceptors (Lipinski definition) is 3. The molecule has 1 aliphatic heterocycles. The van der Waals surface area contributed by atoms with Gasteiger partial charge < -0.3 is 4.74 Å². The van der Waals surface area contributed by atoms with Crippen molar-refractivity contribution in [1.82, 2.24) is 5.32 Å². The molecule has 4 nitrogen and oxygen atoms in total. The maximum atomic E-state index is 14.3. The molecule has 0 spiro atoms. The Kier molecular flexibility index (Phi) is 5.10. The highest BCUT2D eigenvalue weighted by atomic mass is 19.4. The normalized spacial score (nSPS) is 22.2. The van der Waals surface area contributed by atoms with Crippen molar-refractivity contribution >= 4 is 11.9 Å². The summed E-state index contributed by atoms with van der Waals surface area (Å²) in [6, 6.07) is 10.2. The van der Waals surface area contributed by atoms with Crippen molar-refractivity contribution in [2.75, 3.05) is 0 Å². The average molecular weight is 398 g/mol. The number of nitrogens with zero attached hydrogens (tertiary/aromatic N) is 1. The van der Waals surface area contributed by atoms with E-state index in [1.54, 1.807) is 18.2 Å². The number of hydrogen-bond donors (Lipinski definition) is 1. The Morgan fingerprint density at radius 2 is 1.82 bits per heavy atom. The Hall–Kier alpha value is -2.97. The van der Waals surface area contributed by atoms with Gasteiger partial charge in [-0.15, -0.1) is 0 Å². The Morgan fingerprint density at radius 3 is 2.46 bits per heavy atom. The fraction of sp³-hybridized carbons (Fsp3) is 0.263. The van der Waals surface area contributed by atoms with E-state index in [1.165, 1.54) is 25.1 Å². The highest BCUT2D eigenvalue weighted by Gasteiger charge is 2.50. The first-order valence-electron chi connectivity index (χ1n) is 8.24. The number of halogens is 5. The van der Waals surface area contributed by atoms with E-state index in [9.17, 15) is 26.7 Å². The number of aliphatic imine (C=N–C) groups is 1. The molecule has 1 amide bonds. The molecule has 9 heteroatoms. The van der Waals surface area contributed by atoms with Gasteiger partial charge in [-0.3, -0.25) is 10.1 Å². The van der Waals surface area contributed by atoms with Crippen LogP contribution in [0.3, 0.4) is 0 Å². The molecule has 0 saturated heterocycles. The van der Waals surface area contributed by atoms with Crippen molar-refractivity contribution < 1.29 is 31.5 Å². The fourth-order valence-electron chi connectivity index (χ4n) is 2.92. The molecule has 0 aliphatic carbocycles. The minimum atomic E-state index is -4.80. The van der Waals surface area contributed by atoms with Crippen LogP contribution in [-0.4, -0.2) is 24.2 Å². The first kappa shape index (κ1) is 19.8. The highest BCUT2D eigenvalue weighted by molar-refractivity contribution is 6.04. The number of amidine groups is 1. The summed E-state index contributed by atoms with van der Waals surface area (Å²) in [6.07, 6.45) is -7.94. The van der Waals surface area contributed by atoms with Crippen molar-refractivity contribution in [3.8, 4) is 0 Å². The van der Waals surface area contributed by atoms with Gasteiger partial charge in [-0.05, 0) is 25.1 Å². The first-order chi connectivity index (χ1) is 13.1. The summed E-state index contributed by atoms with van der Waals surface area (Å²) in [5.74, 6) is -3.26. The van der Waals surface area contributed by atoms with Gasteiger partial charge in [0.2, 0.25) is 0 Å². The molecule has 3 rings (SSSR count). The lowest BCUT2D eigenvalue weighted by molar-refractivity contribution is -0.208. The summed E-state index contributed by atoms with van der Waals surface area (Å²) in [5.41, 5.74) is -2.00. The number of nitrogens with one attached hydrogen (secondary N) is 1. The highest BCUT2D eigenvalue weighted by Crippen LogP contribution is 2.41. The third kappa shape index (κ3) is 3.97. The molecule has 0 unspecified atom stereocenters. The molecule has 0 saturated carbocycles. The predicted molar refractivity (Wildman–Crippen MR) is 90.6 cm³/mol. The van der Waals surface area contributed by atoms with Crippen molar-refractivity contribution in [2.45, 2.75) is 31.2 Å². The van der Waals surface area contributed by atoms with Gasteiger partial charge >= 0.3 is 6.18 Å². The van der Waals surface area contributed by atoms with Crippen LogP contribution in [0.1, 0.15) is 29.3 Å². The van der Waals surface area contributed by atoms with Crippen LogP contribution >= 0.6 is 0 Å². The van der Waals surface area contributed by atoms with Crippen LogP contribution in [0.4, 0.5) is 22.0 Å². The molecule has 1 heterocycles. The molecule has 1 N–H and O–H groups in total. The molecule has 2 atom stereocenters. The van der Waals surface area contributed by atoms with Crippen molar-refractivity contribution in [1.29, 1.82) is 0 Å². The summed E-state index contributed by atoms with van der Waals surface area (Å²) in [5, 5.41) is 2.17. The van der Waals surface area contributed by atoms with Gasteiger partial charge in [-0.25, -0.2) is 13.8 Å². The zero-order chi connectivity index (χ0) is 20.5. The number of amides is 1. The van der Waals surface area contributed by atoms with E-state index < -0.39 is 47.8 Å². The van der Waals surface area contributed by atoms with E-state index in [0.29, 0.717) is 0 Å². The predicted octanol–water partition coefficient (Wildman–Crippen LogP) is 4.32. The maximum absolute atomic E-state index is 14.3. The monoisotopic (exact) mass is 398 g/mol. The molecular formula is C19H15F5N2O2. The van der Waals surface area contributed by atoms with E-state index >= 15 is 0 Å². The number of ether oxygens (including phenoxy) is 1. The quantitative estimate of drug-likeness (QED) is 0.767. The minimum Gasteiger partial charge on any atom is -0.452 e. The van der Waals surface area contributed by atoms with E-state index in [2.05, 4.69) is 10.3 Å². The lowest BCUT2D eigenvalue weighted by Crippen LogP contribution is -2.48. The Labute approximate surface area is 157 Å². The topological polar surface area (TPSA) is 50.7 Å². The summed E-state index contributed by atoms with van der Waals surface area (Å²) in [4.78, 5) is 16.2. The zero-order valence-electron chi connectivity index (χ0n) is 14.6. The minimum absolute atomic E-state index is 0.168. The molecular weight excluding hydrogens is 383 g/mol.